The fraction of sp³-hybridized carbons (Fsp3) is 0.714. The summed E-state index contributed by atoms with van der Waals surface area (Å²) in [5.74, 6) is 0.357. The zero-order valence-electron chi connectivity index (χ0n) is 13.6. The molecule has 1 atom stereocenters. The monoisotopic (exact) mass is 379 g/mol. The molecule has 138 valence electrons. The van der Waals surface area contributed by atoms with E-state index in [1.807, 2.05) is 0 Å². The van der Waals surface area contributed by atoms with E-state index in [4.69, 9.17) is 10.9 Å². The first kappa shape index (κ1) is 20.9. The van der Waals surface area contributed by atoms with Crippen molar-refractivity contribution in [3.05, 3.63) is 12.4 Å². The Bertz CT molecular complexity index is 628. The van der Waals surface area contributed by atoms with Crippen LogP contribution in [0.2, 0.25) is 0 Å². The summed E-state index contributed by atoms with van der Waals surface area (Å²) in [6.45, 7) is 0.733. The minimum absolute atomic E-state index is 0. The first-order valence-electron chi connectivity index (χ1n) is 7.95. The second-order valence-corrected chi connectivity index (χ2v) is 7.60. The van der Waals surface area contributed by atoms with E-state index >= 15 is 0 Å². The highest BCUT2D eigenvalue weighted by Gasteiger charge is 2.23. The number of hydrogen-bond acceptors (Lipinski definition) is 5. The lowest BCUT2D eigenvalue weighted by Gasteiger charge is -2.30. The van der Waals surface area contributed by atoms with Gasteiger partial charge in [-0.15, -0.1) is 12.4 Å². The van der Waals surface area contributed by atoms with E-state index in [2.05, 4.69) is 10.4 Å². The predicted molar refractivity (Wildman–Crippen MR) is 93.0 cm³/mol. The average Bonchev–Trinajstić information content (AvgIpc) is 3.00. The zero-order chi connectivity index (χ0) is 16.9. The highest BCUT2D eigenvalue weighted by Crippen LogP contribution is 2.26. The van der Waals surface area contributed by atoms with Gasteiger partial charge in [0.05, 0.1) is 6.20 Å². The minimum Gasteiger partial charge on any atom is -0.352 e. The highest BCUT2D eigenvalue weighted by molar-refractivity contribution is 7.89. The van der Waals surface area contributed by atoms with Crippen LogP contribution in [0.15, 0.2) is 17.3 Å². The van der Waals surface area contributed by atoms with Gasteiger partial charge in [0.2, 0.25) is 15.9 Å². The van der Waals surface area contributed by atoms with Gasteiger partial charge in [0.25, 0.3) is 0 Å². The molecule has 1 aromatic rings. The largest absolute Gasteiger partial charge is 0.352 e. The number of nitrogens with two attached hydrogens (primary N) is 2. The van der Waals surface area contributed by atoms with Crippen molar-refractivity contribution in [1.82, 2.24) is 15.1 Å². The third-order valence-electron chi connectivity index (χ3n) is 4.33. The van der Waals surface area contributed by atoms with Gasteiger partial charge in [0.1, 0.15) is 4.90 Å². The van der Waals surface area contributed by atoms with Gasteiger partial charge in [-0.25, -0.2) is 13.6 Å². The lowest BCUT2D eigenvalue weighted by molar-refractivity contribution is -0.122. The van der Waals surface area contributed by atoms with Gasteiger partial charge in [-0.3, -0.25) is 9.48 Å². The van der Waals surface area contributed by atoms with E-state index in [0.29, 0.717) is 19.0 Å². The number of sulfonamides is 1. The van der Waals surface area contributed by atoms with Crippen molar-refractivity contribution in [1.29, 1.82) is 0 Å². The van der Waals surface area contributed by atoms with Gasteiger partial charge in [0.15, 0.2) is 0 Å². The Labute approximate surface area is 148 Å². The maximum atomic E-state index is 12.1. The Morgan fingerprint density at radius 2 is 2.04 bits per heavy atom. The molecule has 0 aliphatic heterocycles. The molecule has 0 bridgehead atoms. The quantitative estimate of drug-likeness (QED) is 0.629. The first-order chi connectivity index (χ1) is 10.9. The van der Waals surface area contributed by atoms with Crippen LogP contribution >= 0.6 is 12.4 Å². The summed E-state index contributed by atoms with van der Waals surface area (Å²) in [7, 11) is -3.76. The topological polar surface area (TPSA) is 133 Å². The van der Waals surface area contributed by atoms with Crippen LogP contribution in [-0.4, -0.2) is 36.7 Å². The molecular weight excluding hydrogens is 354 g/mol. The Kier molecular flexibility index (Phi) is 8.14. The maximum absolute atomic E-state index is 12.1. The van der Waals surface area contributed by atoms with E-state index in [1.54, 1.807) is 0 Å². The number of aryl methyl sites for hydroxylation is 1. The Morgan fingerprint density at radius 1 is 1.38 bits per heavy atom. The number of carbonyl (C=O) groups is 1. The molecule has 0 saturated heterocycles. The first-order valence-corrected chi connectivity index (χ1v) is 9.49. The number of primary sulfonamides is 1. The molecule has 5 N–H and O–H groups in total. The molecule has 1 aliphatic rings. The van der Waals surface area contributed by atoms with Gasteiger partial charge in [-0.1, -0.05) is 19.3 Å². The molecule has 1 heterocycles. The lowest BCUT2D eigenvalue weighted by atomic mass is 9.84. The third-order valence-corrected chi connectivity index (χ3v) is 5.19. The molecule has 0 radical (unpaired) electrons. The molecule has 10 heteroatoms. The smallest absolute Gasteiger partial charge is 0.241 e. The molecule has 1 aromatic heterocycles. The number of halogens is 1. The summed E-state index contributed by atoms with van der Waals surface area (Å²) < 4.78 is 23.8. The van der Waals surface area contributed by atoms with Gasteiger partial charge in [0, 0.05) is 31.7 Å². The maximum Gasteiger partial charge on any atom is 0.241 e. The number of amides is 1. The van der Waals surface area contributed by atoms with Crippen molar-refractivity contribution in [2.45, 2.75) is 56.0 Å². The average molecular weight is 380 g/mol. The second-order valence-electron chi connectivity index (χ2n) is 6.04. The molecule has 1 unspecified atom stereocenters. The lowest BCUT2D eigenvalue weighted by Crippen LogP contribution is -2.46. The summed E-state index contributed by atoms with van der Waals surface area (Å²) in [6.07, 6.45) is 8.59. The standard InChI is InChI=1S/C14H25N5O3S.ClH/c15-8-13(11-4-2-1-3-5-11)18-14(20)6-7-19-10-12(9-17-19)23(16,21)22;/h9-11,13H,1-8,15H2,(H,18,20)(H2,16,21,22);1H. The third kappa shape index (κ3) is 6.04. The van der Waals surface area contributed by atoms with Gasteiger partial charge >= 0.3 is 0 Å². The molecule has 1 amide bonds. The molecule has 1 fully saturated rings. The van der Waals surface area contributed by atoms with E-state index < -0.39 is 10.0 Å². The molecule has 24 heavy (non-hydrogen) atoms. The molecule has 8 nitrogen and oxygen atoms in total. The molecule has 0 aromatic carbocycles. The molecule has 0 spiro atoms. The fourth-order valence-electron chi connectivity index (χ4n) is 3.01. The van der Waals surface area contributed by atoms with E-state index in [1.165, 1.54) is 36.3 Å². The second kappa shape index (κ2) is 9.36. The van der Waals surface area contributed by atoms with Gasteiger partial charge in [-0.2, -0.15) is 5.10 Å². The molecule has 1 saturated carbocycles. The van der Waals surface area contributed by atoms with E-state index in [-0.39, 0.29) is 35.7 Å². The van der Waals surface area contributed by atoms with Crippen LogP contribution < -0.4 is 16.2 Å². The number of aromatic nitrogens is 2. The number of hydrogen-bond donors (Lipinski definition) is 3. The van der Waals surface area contributed by atoms with Crippen LogP contribution in [0, 0.1) is 5.92 Å². The van der Waals surface area contributed by atoms with Crippen LogP contribution in [0.1, 0.15) is 38.5 Å². The Hall–Kier alpha value is -1.16. The summed E-state index contributed by atoms with van der Waals surface area (Å²) in [6, 6.07) is 0.0143. The van der Waals surface area contributed by atoms with E-state index in [9.17, 15) is 13.2 Å². The van der Waals surface area contributed by atoms with Crippen LogP contribution in [0.3, 0.4) is 0 Å². The number of rotatable bonds is 7. The van der Waals surface area contributed by atoms with Crippen molar-refractivity contribution in [2.24, 2.45) is 16.8 Å². The normalized spacial score (nSPS) is 17.1. The van der Waals surface area contributed by atoms with Crippen LogP contribution in [0.25, 0.3) is 0 Å². The fourth-order valence-corrected chi connectivity index (χ4v) is 3.48. The zero-order valence-corrected chi connectivity index (χ0v) is 15.2. The Balaban J connectivity index is 0.00000288. The van der Waals surface area contributed by atoms with Crippen LogP contribution in [-0.2, 0) is 21.4 Å². The summed E-state index contributed by atoms with van der Waals surface area (Å²) in [4.78, 5) is 12.0. The van der Waals surface area contributed by atoms with Crippen molar-refractivity contribution in [3.8, 4) is 0 Å². The summed E-state index contributed by atoms with van der Waals surface area (Å²) in [5, 5.41) is 11.9. The van der Waals surface area contributed by atoms with Crippen molar-refractivity contribution >= 4 is 28.3 Å². The van der Waals surface area contributed by atoms with Crippen molar-refractivity contribution in [2.75, 3.05) is 6.54 Å². The number of carbonyl (C=O) groups excluding carboxylic acids is 1. The summed E-state index contributed by atoms with van der Waals surface area (Å²) in [5.41, 5.74) is 5.80. The number of nitrogens with one attached hydrogen (secondary N) is 1. The van der Waals surface area contributed by atoms with Gasteiger partial charge in [-0.05, 0) is 18.8 Å². The predicted octanol–water partition coefficient (Wildman–Crippen LogP) is 0.366. The molecular formula is C14H26ClN5O3S. The SMILES string of the molecule is Cl.NCC(NC(=O)CCn1cc(S(N)(=O)=O)cn1)C1CCCCC1. The number of nitrogens with zero attached hydrogens (tertiary/aromatic N) is 2. The minimum atomic E-state index is -3.76. The van der Waals surface area contributed by atoms with Gasteiger partial charge < -0.3 is 11.1 Å². The summed E-state index contributed by atoms with van der Waals surface area (Å²) >= 11 is 0. The van der Waals surface area contributed by atoms with Crippen LogP contribution in [0.4, 0.5) is 0 Å². The Morgan fingerprint density at radius 3 is 2.58 bits per heavy atom. The van der Waals surface area contributed by atoms with E-state index in [0.717, 1.165) is 12.8 Å². The van der Waals surface area contributed by atoms with Crippen molar-refractivity contribution < 1.29 is 13.2 Å². The molecule has 1 aliphatic carbocycles. The van der Waals surface area contributed by atoms with Crippen molar-refractivity contribution in [3.63, 3.8) is 0 Å². The van der Waals surface area contributed by atoms with Crippen LogP contribution in [0.5, 0.6) is 0 Å². The molecule has 2 rings (SSSR count). The highest BCUT2D eigenvalue weighted by atomic mass is 35.5.